The molecule has 0 aromatic heterocycles. The van der Waals surface area contributed by atoms with Gasteiger partial charge in [-0.1, -0.05) is 53.8 Å². The zero-order chi connectivity index (χ0) is 19.4. The first-order chi connectivity index (χ1) is 12.9. The number of carboxylic acids is 1. The zero-order valence-electron chi connectivity index (χ0n) is 14.5. The Hall–Kier alpha value is -2.64. The lowest BCUT2D eigenvalue weighted by atomic mass is 10.2. The Balaban J connectivity index is 1.71. The fraction of sp³-hybridized carbons (Fsp3) is 0.150. The number of carboxylic acid groups (broad SMARTS) is 1. The summed E-state index contributed by atoms with van der Waals surface area (Å²) >= 11 is 6.64. The van der Waals surface area contributed by atoms with Gasteiger partial charge >= 0.3 is 5.97 Å². The Bertz CT molecular complexity index is 905. The molecule has 27 heavy (non-hydrogen) atoms. The smallest absolute Gasteiger partial charge is 0.306 e. The molecule has 1 saturated heterocycles. The number of thiocarbonyl (C=S) groups is 1. The van der Waals surface area contributed by atoms with E-state index in [1.165, 1.54) is 16.7 Å². The van der Waals surface area contributed by atoms with Crippen LogP contribution in [0.3, 0.4) is 0 Å². The maximum Gasteiger partial charge on any atom is 0.306 e. The lowest BCUT2D eigenvalue weighted by molar-refractivity contribution is -0.137. The molecular formula is C20H17NO4S2. The quantitative estimate of drug-likeness (QED) is 0.578. The van der Waals surface area contributed by atoms with Gasteiger partial charge in [-0.05, 0) is 42.8 Å². The van der Waals surface area contributed by atoms with Crippen molar-refractivity contribution >= 4 is 51.9 Å². The van der Waals surface area contributed by atoms with Gasteiger partial charge < -0.3 is 9.84 Å². The van der Waals surface area contributed by atoms with E-state index >= 15 is 0 Å². The summed E-state index contributed by atoms with van der Waals surface area (Å²) in [5, 5.41) is 8.62. The molecule has 1 aliphatic heterocycles. The van der Waals surface area contributed by atoms with Crippen molar-refractivity contribution in [2.45, 2.75) is 13.3 Å². The van der Waals surface area contributed by atoms with Crippen molar-refractivity contribution in [1.82, 2.24) is 0 Å². The number of aryl methyl sites for hydroxylation is 1. The number of carbonyl (C=O) groups excluding carboxylic acids is 1. The van der Waals surface area contributed by atoms with E-state index < -0.39 is 5.97 Å². The standard InChI is InChI=1S/C20H17NO4S2/c1-13-2-6-15(7-3-13)21-19(24)17(27-20(21)26)12-14-4-8-16(9-5-14)25-11-10-18(22)23/h2-9,12H,10-11H2,1H3,(H,22,23)/b17-12+. The molecule has 3 rings (SSSR count). The summed E-state index contributed by atoms with van der Waals surface area (Å²) in [7, 11) is 0. The first-order valence-electron chi connectivity index (χ1n) is 8.23. The van der Waals surface area contributed by atoms with Crippen molar-refractivity contribution < 1.29 is 19.4 Å². The fourth-order valence-corrected chi connectivity index (χ4v) is 3.75. The number of benzene rings is 2. The monoisotopic (exact) mass is 399 g/mol. The molecule has 0 aliphatic carbocycles. The molecule has 5 nitrogen and oxygen atoms in total. The van der Waals surface area contributed by atoms with Crippen molar-refractivity contribution in [3.8, 4) is 5.75 Å². The molecular weight excluding hydrogens is 382 g/mol. The zero-order valence-corrected chi connectivity index (χ0v) is 16.2. The lowest BCUT2D eigenvalue weighted by Gasteiger charge is -2.14. The molecule has 0 radical (unpaired) electrons. The molecule has 0 spiro atoms. The van der Waals surface area contributed by atoms with Crippen molar-refractivity contribution in [2.75, 3.05) is 11.5 Å². The van der Waals surface area contributed by atoms with Gasteiger partial charge in [-0.25, -0.2) is 0 Å². The molecule has 2 aromatic rings. The summed E-state index contributed by atoms with van der Waals surface area (Å²) in [6.45, 7) is 2.10. The molecule has 7 heteroatoms. The number of aliphatic carboxylic acids is 1. The highest BCUT2D eigenvalue weighted by molar-refractivity contribution is 8.27. The molecule has 0 saturated carbocycles. The van der Waals surface area contributed by atoms with Crippen LogP contribution >= 0.6 is 24.0 Å². The van der Waals surface area contributed by atoms with Crippen LogP contribution in [-0.2, 0) is 9.59 Å². The van der Waals surface area contributed by atoms with Gasteiger partial charge in [-0.2, -0.15) is 0 Å². The second-order valence-electron chi connectivity index (χ2n) is 5.91. The molecule has 0 unspecified atom stereocenters. The molecule has 1 fully saturated rings. The average molecular weight is 399 g/mol. The number of nitrogens with zero attached hydrogens (tertiary/aromatic N) is 1. The van der Waals surface area contributed by atoms with E-state index in [0.717, 1.165) is 16.8 Å². The minimum Gasteiger partial charge on any atom is -0.493 e. The largest absolute Gasteiger partial charge is 0.493 e. The van der Waals surface area contributed by atoms with Crippen molar-refractivity contribution in [1.29, 1.82) is 0 Å². The number of amides is 1. The van der Waals surface area contributed by atoms with E-state index in [0.29, 0.717) is 15.0 Å². The van der Waals surface area contributed by atoms with Gasteiger partial charge in [0, 0.05) is 0 Å². The van der Waals surface area contributed by atoms with E-state index in [1.807, 2.05) is 43.3 Å². The van der Waals surface area contributed by atoms with Crippen LogP contribution < -0.4 is 9.64 Å². The van der Waals surface area contributed by atoms with E-state index in [-0.39, 0.29) is 18.9 Å². The Morgan fingerprint density at radius 3 is 2.48 bits per heavy atom. The van der Waals surface area contributed by atoms with Crippen LogP contribution in [0.15, 0.2) is 53.4 Å². The number of rotatable bonds is 6. The summed E-state index contributed by atoms with van der Waals surface area (Å²) in [5.74, 6) is -0.460. The predicted octanol–water partition coefficient (Wildman–Crippen LogP) is 4.25. The number of thioether (sulfide) groups is 1. The Morgan fingerprint density at radius 2 is 1.85 bits per heavy atom. The van der Waals surface area contributed by atoms with E-state index in [2.05, 4.69) is 0 Å². The van der Waals surface area contributed by atoms with Crippen LogP contribution in [-0.4, -0.2) is 27.9 Å². The van der Waals surface area contributed by atoms with Gasteiger partial charge in [0.15, 0.2) is 4.32 Å². The Morgan fingerprint density at radius 1 is 1.19 bits per heavy atom. The maximum atomic E-state index is 12.7. The molecule has 2 aromatic carbocycles. The molecule has 1 aliphatic rings. The highest BCUT2D eigenvalue weighted by Gasteiger charge is 2.33. The van der Waals surface area contributed by atoms with E-state index in [1.54, 1.807) is 18.2 Å². The van der Waals surface area contributed by atoms with Gasteiger partial charge in [-0.3, -0.25) is 14.5 Å². The maximum absolute atomic E-state index is 12.7. The lowest BCUT2D eigenvalue weighted by Crippen LogP contribution is -2.27. The second-order valence-corrected chi connectivity index (χ2v) is 7.59. The molecule has 138 valence electrons. The first-order valence-corrected chi connectivity index (χ1v) is 9.46. The number of carbonyl (C=O) groups is 2. The number of ether oxygens (including phenoxy) is 1. The minimum absolute atomic E-state index is 0.0523. The van der Waals surface area contributed by atoms with E-state index in [4.69, 9.17) is 22.1 Å². The van der Waals surface area contributed by atoms with Crippen LogP contribution in [0.1, 0.15) is 17.5 Å². The van der Waals surface area contributed by atoms with Crippen molar-refractivity contribution in [3.05, 3.63) is 64.6 Å². The molecule has 0 atom stereocenters. The highest BCUT2D eigenvalue weighted by atomic mass is 32.2. The number of hydrogen-bond acceptors (Lipinski definition) is 5. The van der Waals surface area contributed by atoms with Gasteiger partial charge in [0.05, 0.1) is 23.6 Å². The summed E-state index contributed by atoms with van der Waals surface area (Å²) < 4.78 is 5.87. The molecule has 1 N–H and O–H groups in total. The molecule has 0 bridgehead atoms. The third-order valence-corrected chi connectivity index (χ3v) is 5.15. The van der Waals surface area contributed by atoms with Gasteiger partial charge in [0.2, 0.25) is 0 Å². The predicted molar refractivity (Wildman–Crippen MR) is 111 cm³/mol. The van der Waals surface area contributed by atoms with Crippen LogP contribution in [0.4, 0.5) is 5.69 Å². The van der Waals surface area contributed by atoms with Crippen LogP contribution in [0, 0.1) is 6.92 Å². The SMILES string of the molecule is Cc1ccc(N2C(=O)/C(=C\c3ccc(OCCC(=O)O)cc3)SC2=S)cc1. The van der Waals surface area contributed by atoms with Crippen LogP contribution in [0.5, 0.6) is 5.75 Å². The highest BCUT2D eigenvalue weighted by Crippen LogP contribution is 2.36. The van der Waals surface area contributed by atoms with E-state index in [9.17, 15) is 9.59 Å². The summed E-state index contributed by atoms with van der Waals surface area (Å²) in [6.07, 6.45) is 1.73. The topological polar surface area (TPSA) is 66.8 Å². The molecule has 1 amide bonds. The third kappa shape index (κ3) is 4.75. The summed E-state index contributed by atoms with van der Waals surface area (Å²) in [6, 6.07) is 14.8. The van der Waals surface area contributed by atoms with Crippen LogP contribution in [0.25, 0.3) is 6.08 Å². The number of hydrogen-bond donors (Lipinski definition) is 1. The van der Waals surface area contributed by atoms with Crippen molar-refractivity contribution in [3.63, 3.8) is 0 Å². The fourth-order valence-electron chi connectivity index (χ4n) is 2.45. The summed E-state index contributed by atoms with van der Waals surface area (Å²) in [5.41, 5.74) is 2.71. The van der Waals surface area contributed by atoms with Gasteiger partial charge in [0.25, 0.3) is 5.91 Å². The van der Waals surface area contributed by atoms with Crippen molar-refractivity contribution in [2.24, 2.45) is 0 Å². The molecule has 1 heterocycles. The normalized spacial score (nSPS) is 15.4. The third-order valence-electron chi connectivity index (χ3n) is 3.85. The number of anilines is 1. The summed E-state index contributed by atoms with van der Waals surface area (Å²) in [4.78, 5) is 25.3. The second kappa shape index (κ2) is 8.37. The Kier molecular flexibility index (Phi) is 5.93. The Labute approximate surface area is 166 Å². The van der Waals surface area contributed by atoms with Crippen LogP contribution in [0.2, 0.25) is 0 Å². The first kappa shape index (κ1) is 19.1. The average Bonchev–Trinajstić information content (AvgIpc) is 2.91. The van der Waals surface area contributed by atoms with Gasteiger partial charge in [0.1, 0.15) is 5.75 Å². The van der Waals surface area contributed by atoms with Gasteiger partial charge in [-0.15, -0.1) is 0 Å². The minimum atomic E-state index is -0.901.